The van der Waals surface area contributed by atoms with Gasteiger partial charge in [-0.25, -0.2) is 0 Å². The molecule has 0 spiro atoms. The molecule has 22 heavy (non-hydrogen) atoms. The number of rotatable bonds is 7. The van der Waals surface area contributed by atoms with Crippen LogP contribution < -0.4 is 0 Å². The van der Waals surface area contributed by atoms with Gasteiger partial charge in [0.2, 0.25) is 0 Å². The van der Waals surface area contributed by atoms with Gasteiger partial charge in [-0.1, -0.05) is 74.5 Å². The highest BCUT2D eigenvalue weighted by Gasteiger charge is 2.14. The number of hydrogen-bond donors (Lipinski definition) is 0. The van der Waals surface area contributed by atoms with E-state index in [0.29, 0.717) is 11.8 Å². The summed E-state index contributed by atoms with van der Waals surface area (Å²) in [6.07, 6.45) is 5.03. The van der Waals surface area contributed by atoms with Crippen LogP contribution in [0.1, 0.15) is 62.5 Å². The van der Waals surface area contributed by atoms with Crippen LogP contribution in [-0.2, 0) is 0 Å². The maximum absolute atomic E-state index is 2.31. The van der Waals surface area contributed by atoms with Crippen molar-refractivity contribution >= 4 is 27.0 Å². The topological polar surface area (TPSA) is 0 Å². The molecule has 0 nitrogen and oxygen atoms in total. The minimum absolute atomic E-state index is 0. The summed E-state index contributed by atoms with van der Waals surface area (Å²) in [5.74, 6) is 1.41. The second-order valence-corrected chi connectivity index (χ2v) is 5.61. The Labute approximate surface area is 150 Å². The molecule has 2 unspecified atom stereocenters. The second-order valence-electron chi connectivity index (χ2n) is 5.61. The van der Waals surface area contributed by atoms with E-state index in [1.807, 2.05) is 0 Å². The fraction of sp³-hybridized carbons (Fsp3) is 0.400. The highest BCUT2D eigenvalue weighted by atomic mass is 32.1. The van der Waals surface area contributed by atoms with Gasteiger partial charge in [0.25, 0.3) is 0 Å². The van der Waals surface area contributed by atoms with E-state index in [4.69, 9.17) is 0 Å². The van der Waals surface area contributed by atoms with Gasteiger partial charge in [-0.15, -0.1) is 0 Å². The molecule has 0 saturated carbocycles. The summed E-state index contributed by atoms with van der Waals surface area (Å²) in [7, 11) is 0. The zero-order valence-electron chi connectivity index (χ0n) is 13.8. The lowest BCUT2D eigenvalue weighted by atomic mass is 9.85. The average molecular weight is 335 g/mol. The van der Waals surface area contributed by atoms with E-state index in [1.165, 1.54) is 36.8 Å². The smallest absolute Gasteiger partial charge is 0.0164 e. The predicted molar refractivity (Wildman–Crippen MR) is 109 cm³/mol. The van der Waals surface area contributed by atoms with Crippen molar-refractivity contribution < 1.29 is 0 Å². The molecule has 0 aliphatic heterocycles. The van der Waals surface area contributed by atoms with Crippen LogP contribution in [0.4, 0.5) is 0 Å². The Morgan fingerprint density at radius 2 is 0.909 bits per heavy atom. The van der Waals surface area contributed by atoms with Crippen LogP contribution in [-0.4, -0.2) is 0 Å². The van der Waals surface area contributed by atoms with Crippen LogP contribution in [0, 0.1) is 0 Å². The summed E-state index contributed by atoms with van der Waals surface area (Å²) in [6.45, 7) is 4.61. The van der Waals surface area contributed by atoms with Gasteiger partial charge < -0.3 is 0 Å². The van der Waals surface area contributed by atoms with Gasteiger partial charge in [0.05, 0.1) is 0 Å². The molecular formula is C20H30S2. The average Bonchev–Trinajstić information content (AvgIpc) is 2.53. The minimum atomic E-state index is 0. The monoisotopic (exact) mass is 334 g/mol. The van der Waals surface area contributed by atoms with Crippen LogP contribution in [0.2, 0.25) is 0 Å². The van der Waals surface area contributed by atoms with E-state index in [-0.39, 0.29) is 27.0 Å². The summed E-state index contributed by atoms with van der Waals surface area (Å²) < 4.78 is 0. The predicted octanol–water partition coefficient (Wildman–Crippen LogP) is 6.38. The third-order valence-corrected chi connectivity index (χ3v) is 4.39. The van der Waals surface area contributed by atoms with Gasteiger partial charge in [-0.2, -0.15) is 27.0 Å². The zero-order valence-corrected chi connectivity index (χ0v) is 15.8. The molecule has 0 saturated heterocycles. The summed E-state index contributed by atoms with van der Waals surface area (Å²) in [6, 6.07) is 22.0. The number of hydrogen-bond acceptors (Lipinski definition) is 0. The largest absolute Gasteiger partial charge is 0.197 e. The maximum Gasteiger partial charge on any atom is -0.0164 e. The van der Waals surface area contributed by atoms with Crippen molar-refractivity contribution in [3.63, 3.8) is 0 Å². The fourth-order valence-corrected chi connectivity index (χ4v) is 3.07. The molecule has 0 amide bonds. The molecule has 0 N–H and O–H groups in total. The van der Waals surface area contributed by atoms with Gasteiger partial charge in [0.15, 0.2) is 0 Å². The Bertz CT molecular complexity index is 434. The Morgan fingerprint density at radius 1 is 0.591 bits per heavy atom. The van der Waals surface area contributed by atoms with Crippen molar-refractivity contribution in [2.75, 3.05) is 0 Å². The second kappa shape index (κ2) is 11.7. The van der Waals surface area contributed by atoms with Crippen molar-refractivity contribution in [2.24, 2.45) is 0 Å². The van der Waals surface area contributed by atoms with Crippen LogP contribution in [0.5, 0.6) is 0 Å². The molecule has 0 fully saturated rings. The molecule has 2 atom stereocenters. The Balaban J connectivity index is 0.00000220. The lowest BCUT2D eigenvalue weighted by molar-refractivity contribution is 0.508. The van der Waals surface area contributed by atoms with Gasteiger partial charge in [-0.3, -0.25) is 0 Å². The molecular weight excluding hydrogens is 304 g/mol. The normalized spacial score (nSPS) is 12.6. The van der Waals surface area contributed by atoms with Crippen molar-refractivity contribution in [3.8, 4) is 0 Å². The molecule has 0 bridgehead atoms. The molecule has 0 heterocycles. The molecule has 0 aromatic heterocycles. The highest BCUT2D eigenvalue weighted by Crippen LogP contribution is 2.31. The fourth-order valence-electron chi connectivity index (χ4n) is 3.07. The van der Waals surface area contributed by atoms with Gasteiger partial charge in [0.1, 0.15) is 0 Å². The SMILES string of the molecule is CCC(CCC(CC)c1ccccc1)c1ccccc1.S.S. The van der Waals surface area contributed by atoms with E-state index in [9.17, 15) is 0 Å². The molecule has 2 aromatic rings. The van der Waals surface area contributed by atoms with Crippen molar-refractivity contribution in [1.82, 2.24) is 0 Å². The standard InChI is InChI=1S/C20H26.2H2S/c1-3-17(19-11-7-5-8-12-19)15-16-18(4-2)20-13-9-6-10-14-20;;/h5-14,17-18H,3-4,15-16H2,1-2H3;2*1H2. The van der Waals surface area contributed by atoms with Crippen LogP contribution in [0.25, 0.3) is 0 Å². The Kier molecular flexibility index (Phi) is 11.2. The van der Waals surface area contributed by atoms with E-state index >= 15 is 0 Å². The molecule has 0 aliphatic carbocycles. The Morgan fingerprint density at radius 3 is 1.18 bits per heavy atom. The van der Waals surface area contributed by atoms with Crippen molar-refractivity contribution in [2.45, 2.75) is 51.4 Å². The third-order valence-electron chi connectivity index (χ3n) is 4.39. The first-order chi connectivity index (χ1) is 9.85. The van der Waals surface area contributed by atoms with Crippen LogP contribution >= 0.6 is 27.0 Å². The number of benzene rings is 2. The summed E-state index contributed by atoms with van der Waals surface area (Å²) in [5.41, 5.74) is 3.00. The van der Waals surface area contributed by atoms with Crippen molar-refractivity contribution in [1.29, 1.82) is 0 Å². The van der Waals surface area contributed by atoms with Gasteiger partial charge in [-0.05, 0) is 48.6 Å². The highest BCUT2D eigenvalue weighted by molar-refractivity contribution is 7.59. The molecule has 0 radical (unpaired) electrons. The lowest BCUT2D eigenvalue weighted by Gasteiger charge is -2.20. The molecule has 2 rings (SSSR count). The first kappa shape index (κ1) is 21.1. The summed E-state index contributed by atoms with van der Waals surface area (Å²) >= 11 is 0. The van der Waals surface area contributed by atoms with Crippen LogP contribution in [0.15, 0.2) is 60.7 Å². The molecule has 2 heteroatoms. The van der Waals surface area contributed by atoms with Crippen LogP contribution in [0.3, 0.4) is 0 Å². The quantitative estimate of drug-likeness (QED) is 0.551. The van der Waals surface area contributed by atoms with E-state index in [1.54, 1.807) is 0 Å². The van der Waals surface area contributed by atoms with E-state index in [2.05, 4.69) is 74.5 Å². The minimum Gasteiger partial charge on any atom is -0.197 e. The van der Waals surface area contributed by atoms with Gasteiger partial charge in [0, 0.05) is 0 Å². The summed E-state index contributed by atoms with van der Waals surface area (Å²) in [4.78, 5) is 0. The van der Waals surface area contributed by atoms with Gasteiger partial charge >= 0.3 is 0 Å². The van der Waals surface area contributed by atoms with E-state index < -0.39 is 0 Å². The first-order valence-corrected chi connectivity index (χ1v) is 7.95. The lowest BCUT2D eigenvalue weighted by Crippen LogP contribution is -2.03. The molecule has 122 valence electrons. The van der Waals surface area contributed by atoms with E-state index in [0.717, 1.165) is 0 Å². The third kappa shape index (κ3) is 6.10. The Hall–Kier alpha value is -0.860. The molecule has 2 aromatic carbocycles. The molecule has 0 aliphatic rings. The first-order valence-electron chi connectivity index (χ1n) is 7.95. The summed E-state index contributed by atoms with van der Waals surface area (Å²) in [5, 5.41) is 0. The van der Waals surface area contributed by atoms with Crippen molar-refractivity contribution in [3.05, 3.63) is 71.8 Å². The zero-order chi connectivity index (χ0) is 14.2. The maximum atomic E-state index is 2.31.